The van der Waals surface area contributed by atoms with Gasteiger partial charge in [0.2, 0.25) is 0 Å². The summed E-state index contributed by atoms with van der Waals surface area (Å²) in [5.74, 6) is 0. The van der Waals surface area contributed by atoms with Crippen LogP contribution in [0.5, 0.6) is 0 Å². The maximum atomic E-state index is 7.86. The molecule has 0 saturated heterocycles. The fourth-order valence-electron chi connectivity index (χ4n) is 0.445. The van der Waals surface area contributed by atoms with Crippen LogP contribution in [0, 0.1) is 0 Å². The van der Waals surface area contributed by atoms with Crippen molar-refractivity contribution >= 4 is 19.8 Å². The van der Waals surface area contributed by atoms with E-state index in [1.165, 1.54) is 0 Å². The minimum absolute atomic E-state index is 0.414. The Balaban J connectivity index is 2.60. The summed E-state index contributed by atoms with van der Waals surface area (Å²) in [5.41, 5.74) is 5.24. The lowest BCUT2D eigenvalue weighted by atomic mass is 10.5. The van der Waals surface area contributed by atoms with Gasteiger partial charge >= 0.3 is 10.0 Å². The Morgan fingerprint density at radius 1 is 1.56 bits per heavy atom. The van der Waals surface area contributed by atoms with Crippen LogP contribution in [0.15, 0.2) is 0 Å². The maximum absolute atomic E-state index is 7.86. The van der Waals surface area contributed by atoms with Crippen LogP contribution in [0.2, 0.25) is 6.04 Å². The molecule has 0 heterocycles. The molecular weight excluding hydrogens is 154 g/mol. The predicted molar refractivity (Wildman–Crippen MR) is 40.4 cm³/mol. The van der Waals surface area contributed by atoms with Gasteiger partial charge in [-0.05, 0) is 19.0 Å². The zero-order valence-electron chi connectivity index (χ0n) is 5.38. The number of hydrogen-bond donors (Lipinski definition) is 2. The van der Waals surface area contributed by atoms with E-state index in [1.54, 1.807) is 0 Å². The molecule has 3 N–H and O–H groups in total. The average Bonchev–Trinajstić information content (AvgIpc) is 1.89. The Morgan fingerprint density at radius 3 is 2.89 bits per heavy atom. The van der Waals surface area contributed by atoms with Crippen molar-refractivity contribution in [2.75, 3.05) is 6.54 Å². The van der Waals surface area contributed by atoms with Crippen LogP contribution >= 0.6 is 0 Å². The molecular formula is C3H13NO3Si2. The fourth-order valence-corrected chi connectivity index (χ4v) is 2.52. The van der Waals surface area contributed by atoms with Crippen molar-refractivity contribution in [3.63, 3.8) is 0 Å². The topological polar surface area (TPSA) is 64.7 Å². The van der Waals surface area contributed by atoms with Gasteiger partial charge in [-0.3, -0.25) is 9.83 Å². The van der Waals surface area contributed by atoms with Crippen LogP contribution in [0.1, 0.15) is 6.42 Å². The third-order valence-electron chi connectivity index (χ3n) is 0.879. The highest BCUT2D eigenvalue weighted by atomic mass is 28.3. The lowest BCUT2D eigenvalue weighted by molar-refractivity contribution is -0.147. The summed E-state index contributed by atoms with van der Waals surface area (Å²) in [6.07, 6.45) is 1.03. The number of rotatable bonds is 6. The van der Waals surface area contributed by atoms with E-state index >= 15 is 0 Å². The van der Waals surface area contributed by atoms with Gasteiger partial charge in [-0.25, -0.2) is 0 Å². The first-order valence-corrected chi connectivity index (χ1v) is 5.69. The molecule has 56 valence electrons. The van der Waals surface area contributed by atoms with Crippen molar-refractivity contribution in [1.29, 1.82) is 0 Å². The molecule has 0 aromatic carbocycles. The van der Waals surface area contributed by atoms with Gasteiger partial charge in [-0.1, -0.05) is 0 Å². The standard InChI is InChI=1S/C3H13NO3Si2/c4-2-1-3-8-7-9-6-5/h5H,1-4,8-9H2. The molecule has 0 aliphatic heterocycles. The lowest BCUT2D eigenvalue weighted by Crippen LogP contribution is -2.08. The van der Waals surface area contributed by atoms with Crippen molar-refractivity contribution in [3.8, 4) is 0 Å². The monoisotopic (exact) mass is 167 g/mol. The van der Waals surface area contributed by atoms with Crippen LogP contribution in [-0.4, -0.2) is 31.6 Å². The molecule has 4 nitrogen and oxygen atoms in total. The van der Waals surface area contributed by atoms with Crippen LogP contribution in [-0.2, 0) is 8.69 Å². The van der Waals surface area contributed by atoms with Gasteiger partial charge < -0.3 is 9.85 Å². The fraction of sp³-hybridized carbons (Fsp3) is 1.00. The van der Waals surface area contributed by atoms with Gasteiger partial charge in [-0.15, -0.1) is 0 Å². The van der Waals surface area contributed by atoms with Gasteiger partial charge in [-0.2, -0.15) is 0 Å². The summed E-state index contributed by atoms with van der Waals surface area (Å²) in [5, 5.41) is 7.86. The molecule has 0 bridgehead atoms. The molecule has 0 aliphatic rings. The van der Waals surface area contributed by atoms with Crippen LogP contribution in [0.25, 0.3) is 0 Å². The van der Waals surface area contributed by atoms with E-state index in [4.69, 9.17) is 15.1 Å². The largest absolute Gasteiger partial charge is 0.444 e. The Bertz CT molecular complexity index is 50.3. The van der Waals surface area contributed by atoms with E-state index in [0.29, 0.717) is 0 Å². The highest BCUT2D eigenvalue weighted by Crippen LogP contribution is 1.84. The third-order valence-corrected chi connectivity index (χ3v) is 3.59. The Morgan fingerprint density at radius 2 is 2.33 bits per heavy atom. The molecule has 9 heavy (non-hydrogen) atoms. The number of nitrogens with two attached hydrogens (primary N) is 1. The molecule has 0 amide bonds. The van der Waals surface area contributed by atoms with Gasteiger partial charge in [0.25, 0.3) is 0 Å². The first-order chi connectivity index (χ1) is 4.41. The van der Waals surface area contributed by atoms with Crippen molar-refractivity contribution in [2.24, 2.45) is 5.73 Å². The van der Waals surface area contributed by atoms with Gasteiger partial charge in [0.15, 0.2) is 0 Å². The highest BCUT2D eigenvalue weighted by molar-refractivity contribution is 6.38. The second kappa shape index (κ2) is 8.27. The molecule has 6 heteroatoms. The van der Waals surface area contributed by atoms with E-state index in [-0.39, 0.29) is 0 Å². The second-order valence-electron chi connectivity index (χ2n) is 1.65. The van der Waals surface area contributed by atoms with Crippen molar-refractivity contribution in [2.45, 2.75) is 12.5 Å². The Kier molecular flexibility index (Phi) is 8.53. The quantitative estimate of drug-likeness (QED) is 0.215. The first kappa shape index (κ1) is 9.27. The molecule has 0 aliphatic carbocycles. The van der Waals surface area contributed by atoms with E-state index in [0.717, 1.165) is 19.0 Å². The molecule has 0 unspecified atom stereocenters. The normalized spacial score (nSPS) is 12.7. The minimum atomic E-state index is -1.03. The van der Waals surface area contributed by atoms with Gasteiger partial charge in [0, 0.05) is 0 Å². The van der Waals surface area contributed by atoms with Crippen molar-refractivity contribution < 1.29 is 13.9 Å². The summed E-state index contributed by atoms with van der Waals surface area (Å²) < 4.78 is 8.88. The third kappa shape index (κ3) is 8.27. The minimum Gasteiger partial charge on any atom is -0.444 e. The molecule has 0 rings (SSSR count). The summed E-state index contributed by atoms with van der Waals surface area (Å²) >= 11 is 0. The molecule has 0 atom stereocenters. The van der Waals surface area contributed by atoms with Gasteiger partial charge in [0.05, 0.1) is 0 Å². The maximum Gasteiger partial charge on any atom is 0.334 e. The Hall–Kier alpha value is 0.274. The summed E-state index contributed by atoms with van der Waals surface area (Å²) in [4.78, 5) is 0. The average molecular weight is 167 g/mol. The van der Waals surface area contributed by atoms with E-state index in [1.807, 2.05) is 0 Å². The van der Waals surface area contributed by atoms with Crippen molar-refractivity contribution in [3.05, 3.63) is 0 Å². The zero-order chi connectivity index (χ0) is 6.95. The molecule has 0 aromatic heterocycles. The summed E-state index contributed by atoms with van der Waals surface area (Å²) in [6.45, 7) is 0.734. The summed E-state index contributed by atoms with van der Waals surface area (Å²) in [6, 6.07) is 1.09. The summed E-state index contributed by atoms with van der Waals surface area (Å²) in [7, 11) is -1.44. The zero-order valence-corrected chi connectivity index (χ0v) is 8.21. The Labute approximate surface area is 59.3 Å². The lowest BCUT2D eigenvalue weighted by Gasteiger charge is -1.97. The molecule has 0 radical (unpaired) electrons. The molecule has 0 spiro atoms. The second-order valence-corrected chi connectivity index (χ2v) is 4.89. The van der Waals surface area contributed by atoms with E-state index < -0.39 is 19.8 Å². The predicted octanol–water partition coefficient (Wildman–Crippen LogP) is -1.66. The van der Waals surface area contributed by atoms with E-state index in [9.17, 15) is 0 Å². The van der Waals surface area contributed by atoms with Crippen LogP contribution in [0.4, 0.5) is 0 Å². The van der Waals surface area contributed by atoms with Crippen LogP contribution < -0.4 is 5.73 Å². The highest BCUT2D eigenvalue weighted by Gasteiger charge is 1.88. The molecule has 0 saturated carbocycles. The SMILES string of the molecule is NCCC[SiH2]O[SiH2]OO. The smallest absolute Gasteiger partial charge is 0.334 e. The molecule has 0 fully saturated rings. The molecule has 0 aromatic rings. The van der Waals surface area contributed by atoms with Crippen LogP contribution in [0.3, 0.4) is 0 Å². The van der Waals surface area contributed by atoms with Gasteiger partial charge in [0.1, 0.15) is 9.76 Å². The van der Waals surface area contributed by atoms with E-state index in [2.05, 4.69) is 4.58 Å². The van der Waals surface area contributed by atoms with Crippen molar-refractivity contribution in [1.82, 2.24) is 0 Å². The first-order valence-electron chi connectivity index (χ1n) is 2.96. The number of hydrogen-bond acceptors (Lipinski definition) is 4.